The first kappa shape index (κ1) is 17.8. The maximum Gasteiger partial charge on any atom is 0.316 e. The zero-order valence-corrected chi connectivity index (χ0v) is 7.83. The minimum Gasteiger partial charge on any atom is -0.262 e. The van der Waals surface area contributed by atoms with Gasteiger partial charge in [-0.3, -0.25) is 4.18 Å². The van der Waals surface area contributed by atoms with Crippen LogP contribution in [-0.2, 0) is 14.3 Å². The fourth-order valence-electron chi connectivity index (χ4n) is 0.793. The van der Waals surface area contributed by atoms with Crippen molar-refractivity contribution in [3.05, 3.63) is 43.0 Å². The smallest absolute Gasteiger partial charge is 0.262 e. The molecular weight excluding hydrogens is 237 g/mol. The minimum atomic E-state index is -3.59. The predicted molar refractivity (Wildman–Crippen MR) is 66.9 cm³/mol. The summed E-state index contributed by atoms with van der Waals surface area (Å²) in [5, 5.41) is 0. The zero-order valence-electron chi connectivity index (χ0n) is 7.01. The molecule has 1 rings (SSSR count). The molecule has 6 heteroatoms. The summed E-state index contributed by atoms with van der Waals surface area (Å²) in [7, 11) is -3.59. The van der Waals surface area contributed by atoms with Gasteiger partial charge in [0.1, 0.15) is 0 Å². The van der Waals surface area contributed by atoms with Crippen molar-refractivity contribution in [1.82, 2.24) is 0 Å². The summed E-state index contributed by atoms with van der Waals surface area (Å²) in [6.07, 6.45) is 1.39. The molecule has 0 unspecified atom stereocenters. The van der Waals surface area contributed by atoms with E-state index in [1.165, 1.54) is 18.2 Å². The Morgan fingerprint density at radius 2 is 1.73 bits per heavy atom. The summed E-state index contributed by atoms with van der Waals surface area (Å²) in [6, 6.07) is 8.00. The lowest BCUT2D eigenvalue weighted by molar-refractivity contribution is 0.357. The standard InChI is InChI=1S/C9H10O3S.2Mg.4H/c1-2-8-12-13(10,11)9-6-4-3-5-7-9;;;;;;/h2-7H,1,8H2;;;;;;. The summed E-state index contributed by atoms with van der Waals surface area (Å²) in [5.41, 5.74) is 0. The molecule has 0 amide bonds. The van der Waals surface area contributed by atoms with Crippen LogP contribution in [0.25, 0.3) is 0 Å². The van der Waals surface area contributed by atoms with Gasteiger partial charge in [-0.2, -0.15) is 8.42 Å². The van der Waals surface area contributed by atoms with Gasteiger partial charge in [0.25, 0.3) is 10.1 Å². The topological polar surface area (TPSA) is 43.4 Å². The van der Waals surface area contributed by atoms with E-state index in [0.29, 0.717) is 0 Å². The lowest BCUT2D eigenvalue weighted by Gasteiger charge is -2.01. The van der Waals surface area contributed by atoms with Gasteiger partial charge < -0.3 is 0 Å². The van der Waals surface area contributed by atoms with Crippen molar-refractivity contribution in [2.75, 3.05) is 6.61 Å². The molecule has 1 aromatic carbocycles. The average molecular weight is 251 g/mol. The molecule has 0 atom stereocenters. The molecular formula is C9H14Mg2O3S. The van der Waals surface area contributed by atoms with Crippen molar-refractivity contribution >= 4 is 56.2 Å². The summed E-state index contributed by atoms with van der Waals surface area (Å²) in [4.78, 5) is 0.164. The van der Waals surface area contributed by atoms with E-state index in [0.717, 1.165) is 0 Å². The molecule has 0 saturated heterocycles. The molecule has 0 N–H and O–H groups in total. The van der Waals surface area contributed by atoms with Crippen molar-refractivity contribution in [2.45, 2.75) is 4.90 Å². The van der Waals surface area contributed by atoms with E-state index in [1.807, 2.05) is 0 Å². The molecule has 0 aromatic heterocycles. The van der Waals surface area contributed by atoms with Gasteiger partial charge in [-0.15, -0.1) is 6.58 Å². The van der Waals surface area contributed by atoms with E-state index in [9.17, 15) is 8.42 Å². The summed E-state index contributed by atoms with van der Waals surface area (Å²) in [5.74, 6) is 0. The SMILES string of the molecule is C=CCOS(=O)(=O)c1ccccc1.[MgH2].[MgH2]. The molecule has 0 bridgehead atoms. The van der Waals surface area contributed by atoms with Gasteiger partial charge in [-0.25, -0.2) is 0 Å². The number of benzene rings is 1. The normalized spacial score (nSPS) is 9.60. The molecule has 0 spiro atoms. The Labute approximate surface area is 122 Å². The third-order valence-electron chi connectivity index (χ3n) is 1.37. The van der Waals surface area contributed by atoms with Crippen molar-refractivity contribution < 1.29 is 12.6 Å². The molecule has 0 fully saturated rings. The van der Waals surface area contributed by atoms with E-state index in [2.05, 4.69) is 10.8 Å². The van der Waals surface area contributed by atoms with E-state index in [1.54, 1.807) is 18.2 Å². The van der Waals surface area contributed by atoms with Crippen LogP contribution in [0.2, 0.25) is 0 Å². The highest BCUT2D eigenvalue weighted by Gasteiger charge is 2.12. The van der Waals surface area contributed by atoms with E-state index in [4.69, 9.17) is 0 Å². The van der Waals surface area contributed by atoms with Crippen LogP contribution in [0.4, 0.5) is 0 Å². The quantitative estimate of drug-likeness (QED) is 0.421. The Hall–Kier alpha value is 0.402. The van der Waals surface area contributed by atoms with Crippen LogP contribution in [0.1, 0.15) is 0 Å². The Morgan fingerprint density at radius 3 is 2.20 bits per heavy atom. The van der Waals surface area contributed by atoms with Crippen LogP contribution in [-0.4, -0.2) is 61.1 Å². The maximum atomic E-state index is 11.3. The molecule has 0 aliphatic rings. The molecule has 0 aliphatic heterocycles. The van der Waals surface area contributed by atoms with Crippen molar-refractivity contribution in [1.29, 1.82) is 0 Å². The molecule has 0 radical (unpaired) electrons. The average Bonchev–Trinajstić information content (AvgIpc) is 2.16. The molecule has 3 nitrogen and oxygen atoms in total. The zero-order chi connectivity index (χ0) is 9.73. The molecule has 0 heterocycles. The Kier molecular flexibility index (Phi) is 10.1. The highest BCUT2D eigenvalue weighted by molar-refractivity contribution is 7.86. The Bertz CT molecular complexity index is 376. The third kappa shape index (κ3) is 5.88. The van der Waals surface area contributed by atoms with Gasteiger partial charge in [-0.05, 0) is 12.1 Å². The Morgan fingerprint density at radius 1 is 1.20 bits per heavy atom. The number of hydrogen-bond donors (Lipinski definition) is 0. The van der Waals surface area contributed by atoms with Crippen molar-refractivity contribution in [3.63, 3.8) is 0 Å². The second kappa shape index (κ2) is 8.54. The second-order valence-electron chi connectivity index (χ2n) is 2.34. The van der Waals surface area contributed by atoms with Crippen LogP contribution in [0.3, 0.4) is 0 Å². The van der Waals surface area contributed by atoms with E-state index < -0.39 is 10.1 Å². The highest BCUT2D eigenvalue weighted by Crippen LogP contribution is 2.10. The van der Waals surface area contributed by atoms with E-state index >= 15 is 0 Å². The summed E-state index contributed by atoms with van der Waals surface area (Å²) < 4.78 is 27.3. The first-order valence-corrected chi connectivity index (χ1v) is 5.13. The van der Waals surface area contributed by atoms with Gasteiger partial charge in [0.05, 0.1) is 11.5 Å². The molecule has 0 saturated carbocycles. The number of rotatable bonds is 4. The highest BCUT2D eigenvalue weighted by atomic mass is 32.2. The summed E-state index contributed by atoms with van der Waals surface area (Å²) >= 11 is 0. The molecule has 15 heavy (non-hydrogen) atoms. The van der Waals surface area contributed by atoms with Gasteiger partial charge in [0.2, 0.25) is 0 Å². The van der Waals surface area contributed by atoms with Gasteiger partial charge in [-0.1, -0.05) is 24.3 Å². The lowest BCUT2D eigenvalue weighted by atomic mass is 10.4. The largest absolute Gasteiger partial charge is 0.316 e. The maximum absolute atomic E-state index is 11.3. The van der Waals surface area contributed by atoms with Crippen molar-refractivity contribution in [2.24, 2.45) is 0 Å². The fourth-order valence-corrected chi connectivity index (χ4v) is 1.69. The first-order chi connectivity index (χ1) is 6.17. The van der Waals surface area contributed by atoms with Crippen molar-refractivity contribution in [3.8, 4) is 0 Å². The third-order valence-corrected chi connectivity index (χ3v) is 2.67. The predicted octanol–water partition coefficient (Wildman–Crippen LogP) is -0.255. The van der Waals surface area contributed by atoms with Crippen LogP contribution >= 0.6 is 0 Å². The van der Waals surface area contributed by atoms with Crippen LogP contribution in [0, 0.1) is 0 Å². The first-order valence-electron chi connectivity index (χ1n) is 3.72. The van der Waals surface area contributed by atoms with Crippen LogP contribution in [0.15, 0.2) is 47.9 Å². The lowest BCUT2D eigenvalue weighted by Crippen LogP contribution is -2.05. The molecule has 78 valence electrons. The van der Waals surface area contributed by atoms with Crippen LogP contribution < -0.4 is 0 Å². The number of hydrogen-bond acceptors (Lipinski definition) is 3. The summed E-state index contributed by atoms with van der Waals surface area (Å²) in [6.45, 7) is 3.37. The monoisotopic (exact) mass is 250 g/mol. The van der Waals surface area contributed by atoms with Gasteiger partial charge in [0.15, 0.2) is 0 Å². The van der Waals surface area contributed by atoms with Gasteiger partial charge >= 0.3 is 46.1 Å². The van der Waals surface area contributed by atoms with Gasteiger partial charge in [0, 0.05) is 0 Å². The fraction of sp³-hybridized carbons (Fsp3) is 0.111. The molecule has 0 aliphatic carbocycles. The van der Waals surface area contributed by atoms with Crippen LogP contribution in [0.5, 0.6) is 0 Å². The van der Waals surface area contributed by atoms with E-state index in [-0.39, 0.29) is 57.6 Å². The molecule has 1 aromatic rings. The Balaban J connectivity index is 0. The minimum absolute atomic E-state index is 0. The second-order valence-corrected chi connectivity index (χ2v) is 3.96.